The predicted molar refractivity (Wildman–Crippen MR) is 81.9 cm³/mol. The van der Waals surface area contributed by atoms with Crippen molar-refractivity contribution in [1.29, 1.82) is 0 Å². The van der Waals surface area contributed by atoms with E-state index in [1.165, 1.54) is 6.08 Å². The lowest BCUT2D eigenvalue weighted by Gasteiger charge is -2.26. The number of benzene rings is 1. The molecule has 1 fully saturated rings. The maximum Gasteiger partial charge on any atom is 0.244 e. The smallest absolute Gasteiger partial charge is 0.244 e. The second-order valence-electron chi connectivity index (χ2n) is 5.19. The average Bonchev–Trinajstić information content (AvgIpc) is 3.01. The van der Waals surface area contributed by atoms with Crippen LogP contribution in [-0.4, -0.2) is 57.0 Å². The first-order chi connectivity index (χ1) is 10.8. The molecule has 0 spiro atoms. The number of fused-ring (bicyclic) bond motifs is 1. The van der Waals surface area contributed by atoms with Gasteiger partial charge >= 0.3 is 0 Å². The van der Waals surface area contributed by atoms with Crippen molar-refractivity contribution in [1.82, 2.24) is 10.2 Å². The molecule has 0 aromatic heterocycles. The van der Waals surface area contributed by atoms with Crippen molar-refractivity contribution in [2.45, 2.75) is 0 Å². The van der Waals surface area contributed by atoms with Gasteiger partial charge in [-0.05, 0) is 23.8 Å². The number of carbonyl (C=O) groups is 1. The molecule has 1 N–H and O–H groups in total. The molecule has 118 valence electrons. The Balaban J connectivity index is 1.43. The summed E-state index contributed by atoms with van der Waals surface area (Å²) in [6, 6.07) is 5.60. The highest BCUT2D eigenvalue weighted by Gasteiger charge is 2.12. The van der Waals surface area contributed by atoms with Gasteiger partial charge in [-0.3, -0.25) is 9.69 Å². The Morgan fingerprint density at radius 3 is 2.91 bits per heavy atom. The van der Waals surface area contributed by atoms with E-state index < -0.39 is 0 Å². The molecule has 1 amide bonds. The standard InChI is InChI=1S/C16H20N2O4/c19-16(17-5-6-18-7-9-20-10-8-18)4-2-13-1-3-14-15(11-13)22-12-21-14/h1-4,11H,5-10,12H2,(H,17,19)/b4-2+. The van der Waals surface area contributed by atoms with Gasteiger partial charge in [0.15, 0.2) is 11.5 Å². The minimum atomic E-state index is -0.0917. The number of nitrogens with zero attached hydrogens (tertiary/aromatic N) is 1. The van der Waals surface area contributed by atoms with Crippen molar-refractivity contribution in [3.05, 3.63) is 29.8 Å². The molecule has 0 radical (unpaired) electrons. The summed E-state index contributed by atoms with van der Waals surface area (Å²) >= 11 is 0. The maximum absolute atomic E-state index is 11.8. The molecular formula is C16H20N2O4. The van der Waals surface area contributed by atoms with Crippen LogP contribution in [0.4, 0.5) is 0 Å². The first kappa shape index (κ1) is 14.9. The Kier molecular flexibility index (Phi) is 4.92. The zero-order valence-corrected chi connectivity index (χ0v) is 12.4. The molecule has 1 aromatic rings. The number of amides is 1. The largest absolute Gasteiger partial charge is 0.454 e. The van der Waals surface area contributed by atoms with Crippen molar-refractivity contribution in [2.24, 2.45) is 0 Å². The maximum atomic E-state index is 11.8. The molecule has 0 atom stereocenters. The van der Waals surface area contributed by atoms with Gasteiger partial charge in [0.1, 0.15) is 0 Å². The predicted octanol–water partition coefficient (Wildman–Crippen LogP) is 0.877. The van der Waals surface area contributed by atoms with E-state index in [2.05, 4.69) is 10.2 Å². The quantitative estimate of drug-likeness (QED) is 0.818. The molecular weight excluding hydrogens is 284 g/mol. The van der Waals surface area contributed by atoms with Crippen molar-refractivity contribution < 1.29 is 19.0 Å². The van der Waals surface area contributed by atoms with Crippen LogP contribution >= 0.6 is 0 Å². The molecule has 2 aliphatic heterocycles. The second-order valence-corrected chi connectivity index (χ2v) is 5.19. The summed E-state index contributed by atoms with van der Waals surface area (Å²) in [5, 5.41) is 2.89. The van der Waals surface area contributed by atoms with Crippen LogP contribution in [0.1, 0.15) is 5.56 Å². The van der Waals surface area contributed by atoms with Crippen LogP contribution in [-0.2, 0) is 9.53 Å². The first-order valence-electron chi connectivity index (χ1n) is 7.47. The third-order valence-corrected chi connectivity index (χ3v) is 3.65. The van der Waals surface area contributed by atoms with E-state index in [0.29, 0.717) is 6.54 Å². The third kappa shape index (κ3) is 3.99. The van der Waals surface area contributed by atoms with E-state index in [-0.39, 0.29) is 12.7 Å². The van der Waals surface area contributed by atoms with Crippen LogP contribution < -0.4 is 14.8 Å². The van der Waals surface area contributed by atoms with Crippen molar-refractivity contribution in [3.8, 4) is 11.5 Å². The van der Waals surface area contributed by atoms with Gasteiger partial charge in [0.25, 0.3) is 0 Å². The zero-order valence-electron chi connectivity index (χ0n) is 12.4. The van der Waals surface area contributed by atoms with E-state index in [9.17, 15) is 4.79 Å². The van der Waals surface area contributed by atoms with Crippen LogP contribution in [0.3, 0.4) is 0 Å². The van der Waals surface area contributed by atoms with Crippen molar-refractivity contribution in [2.75, 3.05) is 46.2 Å². The average molecular weight is 304 g/mol. The molecule has 0 unspecified atom stereocenters. The van der Waals surface area contributed by atoms with E-state index >= 15 is 0 Å². The highest BCUT2D eigenvalue weighted by molar-refractivity contribution is 5.91. The Morgan fingerprint density at radius 1 is 1.23 bits per heavy atom. The molecule has 1 aromatic carbocycles. The van der Waals surface area contributed by atoms with Crippen LogP contribution in [0.25, 0.3) is 6.08 Å². The fourth-order valence-corrected chi connectivity index (χ4v) is 2.41. The summed E-state index contributed by atoms with van der Waals surface area (Å²) in [4.78, 5) is 14.1. The number of nitrogens with one attached hydrogen (secondary N) is 1. The number of rotatable bonds is 5. The van der Waals surface area contributed by atoms with Crippen molar-refractivity contribution >= 4 is 12.0 Å². The zero-order chi connectivity index (χ0) is 15.2. The highest BCUT2D eigenvalue weighted by Crippen LogP contribution is 2.32. The monoisotopic (exact) mass is 304 g/mol. The summed E-state index contributed by atoms with van der Waals surface area (Å²) in [5.74, 6) is 1.37. The van der Waals surface area contributed by atoms with Gasteiger partial charge in [-0.1, -0.05) is 6.07 Å². The van der Waals surface area contributed by atoms with Gasteiger partial charge in [-0.15, -0.1) is 0 Å². The summed E-state index contributed by atoms with van der Waals surface area (Å²) in [7, 11) is 0. The molecule has 0 saturated carbocycles. The molecule has 2 heterocycles. The Morgan fingerprint density at radius 2 is 2.05 bits per heavy atom. The number of hydrogen-bond donors (Lipinski definition) is 1. The summed E-state index contributed by atoms with van der Waals surface area (Å²) in [6.07, 6.45) is 3.31. The molecule has 1 saturated heterocycles. The molecule has 6 nitrogen and oxygen atoms in total. The van der Waals surface area contributed by atoms with Gasteiger partial charge in [-0.2, -0.15) is 0 Å². The summed E-state index contributed by atoms with van der Waals surface area (Å²) < 4.78 is 15.8. The fraction of sp³-hybridized carbons (Fsp3) is 0.438. The highest BCUT2D eigenvalue weighted by atomic mass is 16.7. The Bertz CT molecular complexity index is 553. The second kappa shape index (κ2) is 7.29. The van der Waals surface area contributed by atoms with Gasteiger partial charge < -0.3 is 19.5 Å². The lowest BCUT2D eigenvalue weighted by atomic mass is 10.2. The normalized spacial score (nSPS) is 17.8. The van der Waals surface area contributed by atoms with E-state index in [1.807, 2.05) is 18.2 Å². The molecule has 3 rings (SSSR count). The van der Waals surface area contributed by atoms with Crippen LogP contribution in [0.15, 0.2) is 24.3 Å². The van der Waals surface area contributed by atoms with Crippen molar-refractivity contribution in [3.63, 3.8) is 0 Å². The minimum absolute atomic E-state index is 0.0917. The van der Waals surface area contributed by atoms with E-state index in [0.717, 1.165) is 49.9 Å². The van der Waals surface area contributed by atoms with Crippen LogP contribution in [0, 0.1) is 0 Å². The molecule has 0 aliphatic carbocycles. The Labute approximate surface area is 129 Å². The molecule has 22 heavy (non-hydrogen) atoms. The number of morpholine rings is 1. The number of hydrogen-bond acceptors (Lipinski definition) is 5. The number of carbonyl (C=O) groups excluding carboxylic acids is 1. The van der Waals surface area contributed by atoms with Gasteiger partial charge in [0.05, 0.1) is 13.2 Å². The van der Waals surface area contributed by atoms with Crippen LogP contribution in [0.2, 0.25) is 0 Å². The lowest BCUT2D eigenvalue weighted by Crippen LogP contribution is -2.41. The van der Waals surface area contributed by atoms with E-state index in [4.69, 9.17) is 14.2 Å². The lowest BCUT2D eigenvalue weighted by molar-refractivity contribution is -0.116. The fourth-order valence-electron chi connectivity index (χ4n) is 2.41. The van der Waals surface area contributed by atoms with Gasteiger partial charge in [0, 0.05) is 32.3 Å². The first-order valence-corrected chi connectivity index (χ1v) is 7.47. The van der Waals surface area contributed by atoms with E-state index in [1.54, 1.807) is 6.08 Å². The third-order valence-electron chi connectivity index (χ3n) is 3.65. The topological polar surface area (TPSA) is 60.0 Å². The SMILES string of the molecule is O=C(/C=C/c1ccc2c(c1)OCO2)NCCN1CCOCC1. The molecule has 2 aliphatic rings. The summed E-state index contributed by atoms with van der Waals surface area (Å²) in [6.45, 7) is 5.17. The number of ether oxygens (including phenoxy) is 3. The minimum Gasteiger partial charge on any atom is -0.454 e. The Hall–Kier alpha value is -2.05. The molecule has 6 heteroatoms. The van der Waals surface area contributed by atoms with Gasteiger partial charge in [-0.25, -0.2) is 0 Å². The molecule has 0 bridgehead atoms. The summed E-state index contributed by atoms with van der Waals surface area (Å²) in [5.41, 5.74) is 0.910. The van der Waals surface area contributed by atoms with Crippen LogP contribution in [0.5, 0.6) is 11.5 Å². The van der Waals surface area contributed by atoms with Gasteiger partial charge in [0.2, 0.25) is 12.7 Å².